The van der Waals surface area contributed by atoms with Crippen LogP contribution in [0.2, 0.25) is 0 Å². The van der Waals surface area contributed by atoms with Crippen LogP contribution in [0.5, 0.6) is 0 Å². The van der Waals surface area contributed by atoms with Crippen LogP contribution in [0.15, 0.2) is 0 Å². The van der Waals surface area contributed by atoms with Crippen LogP contribution in [-0.2, 0) is 11.2 Å². The first kappa shape index (κ1) is 12.0. The van der Waals surface area contributed by atoms with Gasteiger partial charge in [-0.2, -0.15) is 0 Å². The van der Waals surface area contributed by atoms with Gasteiger partial charge in [0.05, 0.1) is 12.2 Å². The maximum absolute atomic E-state index is 12.0. The number of carbonyl (C=O) groups is 1. The number of likely N-dealkylation sites (N-methyl/N-ethyl adjacent to an activating group) is 1. The Bertz CT molecular complexity index is 497. The molecule has 0 saturated carbocycles. The Hall–Kier alpha value is -1.07. The quantitative estimate of drug-likeness (QED) is 0.834. The monoisotopic (exact) mass is 266 g/mol. The highest BCUT2D eigenvalue weighted by Gasteiger charge is 2.41. The molecule has 0 aromatic carbocycles. The second kappa shape index (κ2) is 4.24. The molecule has 0 radical (unpaired) electrons. The van der Waals surface area contributed by atoms with Crippen LogP contribution < -0.4 is 5.73 Å². The number of fused-ring (bicyclic) bond motifs is 4. The number of hydrogen-bond donors (Lipinski definition) is 1. The Morgan fingerprint density at radius 3 is 3.06 bits per heavy atom. The number of carbonyl (C=O) groups excluding carboxylic acids is 1. The number of hydrogen-bond acceptors (Lipinski definition) is 5. The van der Waals surface area contributed by atoms with Crippen LogP contribution in [0.3, 0.4) is 0 Å². The lowest BCUT2D eigenvalue weighted by molar-refractivity contribution is 0.0525. The number of nitrogen functional groups attached to an aromatic ring is 1. The molecule has 18 heavy (non-hydrogen) atoms. The molecule has 4 nitrogen and oxygen atoms in total. The van der Waals surface area contributed by atoms with E-state index in [9.17, 15) is 4.79 Å². The molecular formula is C13H18N2O2S. The molecule has 0 spiro atoms. The molecule has 2 N–H and O–H groups in total. The minimum atomic E-state index is -0.253. The van der Waals surface area contributed by atoms with Crippen LogP contribution in [0.4, 0.5) is 5.00 Å². The fraction of sp³-hybridized carbons (Fsp3) is 0.615. The standard InChI is InChI=1S/C13H18N2O2S/c1-3-17-13(16)10-8-6-7-4-5-9(15(7)2)11(8)18-12(10)14/h7,9H,3-6,14H2,1-2H3/t7-,9-/m0/s1. The lowest BCUT2D eigenvalue weighted by Gasteiger charge is -2.31. The number of nitrogens with zero attached hydrogens (tertiary/aromatic N) is 1. The van der Waals surface area contributed by atoms with Crippen molar-refractivity contribution in [2.45, 2.75) is 38.3 Å². The highest BCUT2D eigenvalue weighted by Crippen LogP contribution is 2.48. The smallest absolute Gasteiger partial charge is 0.341 e. The first-order chi connectivity index (χ1) is 8.63. The van der Waals surface area contributed by atoms with Crippen LogP contribution >= 0.6 is 11.3 Å². The van der Waals surface area contributed by atoms with Gasteiger partial charge in [-0.05, 0) is 38.8 Å². The molecular weight excluding hydrogens is 248 g/mol. The third-order valence-corrected chi connectivity index (χ3v) is 5.29. The summed E-state index contributed by atoms with van der Waals surface area (Å²) in [5.41, 5.74) is 7.82. The average Bonchev–Trinajstić information content (AvgIpc) is 2.76. The number of rotatable bonds is 2. The van der Waals surface area contributed by atoms with Crippen LogP contribution in [0, 0.1) is 0 Å². The fourth-order valence-corrected chi connectivity index (χ4v) is 4.49. The normalized spacial score (nSPS) is 26.1. The molecule has 1 fully saturated rings. The Morgan fingerprint density at radius 1 is 1.56 bits per heavy atom. The van der Waals surface area contributed by atoms with Gasteiger partial charge in [-0.3, -0.25) is 4.90 Å². The number of nitrogens with two attached hydrogens (primary N) is 1. The van der Waals surface area contributed by atoms with E-state index in [0.29, 0.717) is 29.3 Å². The van der Waals surface area contributed by atoms with Gasteiger partial charge in [0.1, 0.15) is 5.00 Å². The summed E-state index contributed by atoms with van der Waals surface area (Å²) >= 11 is 1.57. The molecule has 5 heteroatoms. The molecule has 0 amide bonds. The second-order valence-electron chi connectivity index (χ2n) is 5.02. The molecule has 3 rings (SSSR count). The first-order valence-electron chi connectivity index (χ1n) is 6.43. The van der Waals surface area contributed by atoms with E-state index in [4.69, 9.17) is 10.5 Å². The molecule has 1 saturated heterocycles. The topological polar surface area (TPSA) is 55.6 Å². The Morgan fingerprint density at radius 2 is 2.33 bits per heavy atom. The molecule has 2 atom stereocenters. The van der Waals surface area contributed by atoms with Crippen molar-refractivity contribution in [3.05, 3.63) is 16.0 Å². The first-order valence-corrected chi connectivity index (χ1v) is 7.25. The zero-order chi connectivity index (χ0) is 12.9. The number of ether oxygens (including phenoxy) is 1. The van der Waals surface area contributed by atoms with Crippen molar-refractivity contribution in [2.75, 3.05) is 19.4 Å². The van der Waals surface area contributed by atoms with Gasteiger partial charge >= 0.3 is 5.97 Å². The molecule has 0 unspecified atom stereocenters. The summed E-state index contributed by atoms with van der Waals surface area (Å²) in [4.78, 5) is 15.7. The summed E-state index contributed by atoms with van der Waals surface area (Å²) in [6, 6.07) is 1.01. The highest BCUT2D eigenvalue weighted by atomic mass is 32.1. The summed E-state index contributed by atoms with van der Waals surface area (Å²) in [7, 11) is 2.17. The zero-order valence-corrected chi connectivity index (χ0v) is 11.5. The van der Waals surface area contributed by atoms with Crippen molar-refractivity contribution in [1.29, 1.82) is 0 Å². The molecule has 98 valence electrons. The molecule has 1 aromatic rings. The minimum absolute atomic E-state index is 0.253. The van der Waals surface area contributed by atoms with E-state index in [1.165, 1.54) is 17.7 Å². The fourth-order valence-electron chi connectivity index (χ4n) is 3.21. The maximum Gasteiger partial charge on any atom is 0.341 e. The Balaban J connectivity index is 2.04. The van der Waals surface area contributed by atoms with Gasteiger partial charge in [-0.1, -0.05) is 0 Å². The van der Waals surface area contributed by atoms with Crippen molar-refractivity contribution in [1.82, 2.24) is 4.90 Å². The van der Waals surface area contributed by atoms with E-state index in [0.717, 1.165) is 12.0 Å². The summed E-state index contributed by atoms with van der Waals surface area (Å²) in [6.07, 6.45) is 3.32. The summed E-state index contributed by atoms with van der Waals surface area (Å²) in [5.74, 6) is -0.253. The van der Waals surface area contributed by atoms with Crippen molar-refractivity contribution < 1.29 is 9.53 Å². The maximum atomic E-state index is 12.0. The van der Waals surface area contributed by atoms with Crippen LogP contribution in [-0.4, -0.2) is 30.6 Å². The molecule has 2 aliphatic heterocycles. The van der Waals surface area contributed by atoms with E-state index in [2.05, 4.69) is 11.9 Å². The Kier molecular flexibility index (Phi) is 2.83. The summed E-state index contributed by atoms with van der Waals surface area (Å²) < 4.78 is 5.13. The van der Waals surface area contributed by atoms with Gasteiger partial charge in [0, 0.05) is 17.0 Å². The van der Waals surface area contributed by atoms with Crippen LogP contribution in [0.1, 0.15) is 46.6 Å². The van der Waals surface area contributed by atoms with Crippen molar-refractivity contribution in [3.8, 4) is 0 Å². The second-order valence-corrected chi connectivity index (χ2v) is 6.10. The van der Waals surface area contributed by atoms with Crippen molar-refractivity contribution in [2.24, 2.45) is 0 Å². The number of esters is 1. The lowest BCUT2D eigenvalue weighted by Crippen LogP contribution is -2.33. The van der Waals surface area contributed by atoms with Gasteiger partial charge in [0.25, 0.3) is 0 Å². The van der Waals surface area contributed by atoms with E-state index in [1.807, 2.05) is 6.92 Å². The van der Waals surface area contributed by atoms with Gasteiger partial charge in [0.2, 0.25) is 0 Å². The van der Waals surface area contributed by atoms with E-state index in [-0.39, 0.29) is 5.97 Å². The van der Waals surface area contributed by atoms with Gasteiger partial charge in [0.15, 0.2) is 0 Å². The summed E-state index contributed by atoms with van der Waals surface area (Å²) in [6.45, 7) is 2.22. The summed E-state index contributed by atoms with van der Waals surface area (Å²) in [5, 5.41) is 0.624. The van der Waals surface area contributed by atoms with Crippen molar-refractivity contribution in [3.63, 3.8) is 0 Å². The number of anilines is 1. The third-order valence-electron chi connectivity index (χ3n) is 4.13. The van der Waals surface area contributed by atoms with E-state index < -0.39 is 0 Å². The SMILES string of the molecule is CCOC(=O)c1c(N)sc2c1C[C@@H]1CC[C@@H]2N1C. The molecule has 1 aromatic heterocycles. The van der Waals surface area contributed by atoms with Gasteiger partial charge < -0.3 is 10.5 Å². The number of thiophene rings is 1. The van der Waals surface area contributed by atoms with E-state index >= 15 is 0 Å². The van der Waals surface area contributed by atoms with E-state index in [1.54, 1.807) is 11.3 Å². The third kappa shape index (κ3) is 1.57. The van der Waals surface area contributed by atoms with Gasteiger partial charge in [-0.15, -0.1) is 11.3 Å². The predicted octanol–water partition coefficient (Wildman–Crippen LogP) is 2.20. The van der Waals surface area contributed by atoms with Crippen molar-refractivity contribution >= 4 is 22.3 Å². The predicted molar refractivity (Wildman–Crippen MR) is 71.9 cm³/mol. The molecule has 2 bridgehead atoms. The van der Waals surface area contributed by atoms with Gasteiger partial charge in [-0.25, -0.2) is 4.79 Å². The van der Waals surface area contributed by atoms with Crippen LogP contribution in [0.25, 0.3) is 0 Å². The Labute approximate surface area is 111 Å². The molecule has 2 aliphatic rings. The largest absolute Gasteiger partial charge is 0.462 e. The minimum Gasteiger partial charge on any atom is -0.462 e. The average molecular weight is 266 g/mol. The molecule has 0 aliphatic carbocycles. The highest BCUT2D eigenvalue weighted by molar-refractivity contribution is 7.16. The lowest BCUT2D eigenvalue weighted by atomic mass is 9.97. The molecule has 3 heterocycles. The zero-order valence-electron chi connectivity index (χ0n) is 10.7.